The smallest absolute Gasteiger partial charge is 0.241 e. The van der Waals surface area contributed by atoms with Crippen LogP contribution in [0.15, 0.2) is 28.8 Å². The van der Waals surface area contributed by atoms with Gasteiger partial charge in [-0.3, -0.25) is 4.90 Å². The van der Waals surface area contributed by atoms with E-state index < -0.39 is 0 Å². The van der Waals surface area contributed by atoms with Crippen LogP contribution in [0, 0.1) is 0 Å². The third-order valence-electron chi connectivity index (χ3n) is 4.10. The molecule has 118 valence electrons. The van der Waals surface area contributed by atoms with Crippen molar-refractivity contribution in [3.05, 3.63) is 35.2 Å². The lowest BCUT2D eigenvalue weighted by molar-refractivity contribution is 0.100. The second kappa shape index (κ2) is 7.22. The number of likely N-dealkylation sites (tertiary alicyclic amines) is 1. The Morgan fingerprint density at radius 3 is 3.09 bits per heavy atom. The highest BCUT2D eigenvalue weighted by molar-refractivity contribution is 6.30. The molecule has 0 aliphatic carbocycles. The van der Waals surface area contributed by atoms with Gasteiger partial charge in [0.2, 0.25) is 11.7 Å². The maximum Gasteiger partial charge on any atom is 0.241 e. The van der Waals surface area contributed by atoms with Crippen LogP contribution in [0.2, 0.25) is 5.02 Å². The van der Waals surface area contributed by atoms with E-state index in [2.05, 4.69) is 15.0 Å². The van der Waals surface area contributed by atoms with Gasteiger partial charge in [0, 0.05) is 23.2 Å². The van der Waals surface area contributed by atoms with Crippen LogP contribution in [0.3, 0.4) is 0 Å². The number of aromatic nitrogens is 2. The molecule has 2 aromatic rings. The molecule has 22 heavy (non-hydrogen) atoms. The van der Waals surface area contributed by atoms with Crippen molar-refractivity contribution in [2.24, 2.45) is 0 Å². The fourth-order valence-corrected chi connectivity index (χ4v) is 3.17. The van der Waals surface area contributed by atoms with Gasteiger partial charge in [0.25, 0.3) is 0 Å². The Balaban J connectivity index is 1.71. The van der Waals surface area contributed by atoms with Crippen molar-refractivity contribution >= 4 is 11.6 Å². The summed E-state index contributed by atoms with van der Waals surface area (Å²) in [6.45, 7) is 1.87. The van der Waals surface area contributed by atoms with Crippen LogP contribution >= 0.6 is 11.6 Å². The lowest BCUT2D eigenvalue weighted by Gasteiger charge is -2.34. The van der Waals surface area contributed by atoms with Gasteiger partial charge in [0.15, 0.2) is 0 Å². The Bertz CT molecular complexity index is 615. The number of piperidine rings is 1. The fraction of sp³-hybridized carbons (Fsp3) is 0.500. The minimum absolute atomic E-state index is 0.221. The first kappa shape index (κ1) is 15.5. The summed E-state index contributed by atoms with van der Waals surface area (Å²) < 4.78 is 5.38. The molecule has 1 N–H and O–H groups in total. The Kier molecular flexibility index (Phi) is 5.08. The topological polar surface area (TPSA) is 62.4 Å². The van der Waals surface area contributed by atoms with Crippen LogP contribution in [0.4, 0.5) is 0 Å². The molecule has 1 aromatic carbocycles. The number of rotatable bonds is 5. The van der Waals surface area contributed by atoms with E-state index in [9.17, 15) is 5.11 Å². The first-order valence-electron chi connectivity index (χ1n) is 7.69. The molecule has 6 heteroatoms. The average Bonchev–Trinajstić information content (AvgIpc) is 2.98. The molecular weight excluding hydrogens is 302 g/mol. The zero-order valence-corrected chi connectivity index (χ0v) is 13.2. The van der Waals surface area contributed by atoms with E-state index >= 15 is 0 Å². The Morgan fingerprint density at radius 1 is 1.36 bits per heavy atom. The molecule has 1 fully saturated rings. The van der Waals surface area contributed by atoms with Crippen molar-refractivity contribution < 1.29 is 9.63 Å². The molecule has 0 spiro atoms. The van der Waals surface area contributed by atoms with Crippen molar-refractivity contribution in [3.8, 4) is 11.4 Å². The Morgan fingerprint density at radius 2 is 2.27 bits per heavy atom. The Hall–Kier alpha value is -1.43. The van der Waals surface area contributed by atoms with E-state index in [1.54, 1.807) is 0 Å². The maximum absolute atomic E-state index is 9.19. The lowest BCUT2D eigenvalue weighted by atomic mass is 10.00. The van der Waals surface area contributed by atoms with Crippen molar-refractivity contribution in [1.29, 1.82) is 0 Å². The van der Waals surface area contributed by atoms with Gasteiger partial charge in [-0.15, -0.1) is 0 Å². The zero-order chi connectivity index (χ0) is 15.4. The van der Waals surface area contributed by atoms with E-state index in [4.69, 9.17) is 16.1 Å². The largest absolute Gasteiger partial charge is 0.396 e. The van der Waals surface area contributed by atoms with Crippen LogP contribution in [0.1, 0.15) is 31.6 Å². The summed E-state index contributed by atoms with van der Waals surface area (Å²) in [5.74, 6) is 1.17. The quantitative estimate of drug-likeness (QED) is 0.916. The number of hydrogen-bond acceptors (Lipinski definition) is 5. The third kappa shape index (κ3) is 3.66. The number of nitrogens with zero attached hydrogens (tertiary/aromatic N) is 3. The standard InChI is InChI=1S/C16H20ClN3O2/c17-13-5-3-4-12(10-13)16-18-15(22-19-16)11-20-8-2-1-6-14(20)7-9-21/h3-5,10,14,21H,1-2,6-9,11H2. The van der Waals surface area contributed by atoms with Crippen LogP contribution in [-0.4, -0.2) is 39.3 Å². The molecule has 1 unspecified atom stereocenters. The molecule has 0 amide bonds. The number of halogens is 1. The summed E-state index contributed by atoms with van der Waals surface area (Å²) in [6, 6.07) is 7.83. The summed E-state index contributed by atoms with van der Waals surface area (Å²) in [5.41, 5.74) is 0.855. The zero-order valence-electron chi connectivity index (χ0n) is 12.4. The summed E-state index contributed by atoms with van der Waals surface area (Å²) in [7, 11) is 0. The second-order valence-corrected chi connectivity index (χ2v) is 6.09. The van der Waals surface area contributed by atoms with Crippen LogP contribution in [0.5, 0.6) is 0 Å². The van der Waals surface area contributed by atoms with Crippen molar-refractivity contribution in [2.45, 2.75) is 38.3 Å². The fourth-order valence-electron chi connectivity index (χ4n) is 2.98. The Labute approximate surface area is 134 Å². The summed E-state index contributed by atoms with van der Waals surface area (Å²) in [5, 5.41) is 13.9. The highest BCUT2D eigenvalue weighted by atomic mass is 35.5. The maximum atomic E-state index is 9.19. The molecule has 5 nitrogen and oxygen atoms in total. The monoisotopic (exact) mass is 321 g/mol. The summed E-state index contributed by atoms with van der Waals surface area (Å²) in [6.07, 6.45) is 4.32. The van der Waals surface area contributed by atoms with Crippen molar-refractivity contribution in [1.82, 2.24) is 15.0 Å². The molecule has 0 radical (unpaired) electrons. The van der Waals surface area contributed by atoms with Gasteiger partial charge in [-0.05, 0) is 37.9 Å². The van der Waals surface area contributed by atoms with E-state index in [1.807, 2.05) is 24.3 Å². The van der Waals surface area contributed by atoms with E-state index in [0.717, 1.165) is 24.9 Å². The molecule has 1 aliphatic rings. The normalized spacial score (nSPS) is 19.5. The van der Waals surface area contributed by atoms with Gasteiger partial charge in [-0.25, -0.2) is 0 Å². The predicted molar refractivity (Wildman–Crippen MR) is 84.5 cm³/mol. The van der Waals surface area contributed by atoms with E-state index in [1.165, 1.54) is 12.8 Å². The summed E-state index contributed by atoms with van der Waals surface area (Å²) >= 11 is 5.99. The predicted octanol–water partition coefficient (Wildman–Crippen LogP) is 3.13. The molecule has 1 atom stereocenters. The van der Waals surface area contributed by atoms with Crippen molar-refractivity contribution in [3.63, 3.8) is 0 Å². The minimum atomic E-state index is 0.221. The molecule has 2 heterocycles. The summed E-state index contributed by atoms with van der Waals surface area (Å²) in [4.78, 5) is 6.80. The highest BCUT2D eigenvalue weighted by Crippen LogP contribution is 2.23. The lowest BCUT2D eigenvalue weighted by Crippen LogP contribution is -2.39. The molecule has 0 bridgehead atoms. The average molecular weight is 322 g/mol. The van der Waals surface area contributed by atoms with Gasteiger partial charge in [-0.1, -0.05) is 35.3 Å². The van der Waals surface area contributed by atoms with Gasteiger partial charge in [0.1, 0.15) is 0 Å². The number of hydrogen-bond donors (Lipinski definition) is 1. The van der Waals surface area contributed by atoms with Gasteiger partial charge in [-0.2, -0.15) is 4.98 Å². The number of benzene rings is 1. The van der Waals surface area contributed by atoms with Crippen LogP contribution < -0.4 is 0 Å². The van der Waals surface area contributed by atoms with E-state index in [0.29, 0.717) is 29.3 Å². The number of aliphatic hydroxyl groups excluding tert-OH is 1. The molecule has 1 aliphatic heterocycles. The number of aliphatic hydroxyl groups is 1. The van der Waals surface area contributed by atoms with Gasteiger partial charge >= 0.3 is 0 Å². The van der Waals surface area contributed by atoms with E-state index in [-0.39, 0.29) is 6.61 Å². The SMILES string of the molecule is OCCC1CCCCN1Cc1nc(-c2cccc(Cl)c2)no1. The highest BCUT2D eigenvalue weighted by Gasteiger charge is 2.24. The molecule has 0 saturated carbocycles. The molecular formula is C16H20ClN3O2. The first-order chi connectivity index (χ1) is 10.8. The minimum Gasteiger partial charge on any atom is -0.396 e. The van der Waals surface area contributed by atoms with Crippen molar-refractivity contribution in [2.75, 3.05) is 13.2 Å². The third-order valence-corrected chi connectivity index (χ3v) is 4.34. The molecule has 3 rings (SSSR count). The second-order valence-electron chi connectivity index (χ2n) is 5.65. The van der Waals surface area contributed by atoms with Crippen LogP contribution in [0.25, 0.3) is 11.4 Å². The van der Waals surface area contributed by atoms with Gasteiger partial charge in [0.05, 0.1) is 6.54 Å². The first-order valence-corrected chi connectivity index (χ1v) is 8.07. The molecule has 1 aromatic heterocycles. The van der Waals surface area contributed by atoms with Crippen LogP contribution in [-0.2, 0) is 6.54 Å². The molecule has 1 saturated heterocycles. The van der Waals surface area contributed by atoms with Gasteiger partial charge < -0.3 is 9.63 Å².